The molecule has 0 radical (unpaired) electrons. The second kappa shape index (κ2) is 5.69. The van der Waals surface area contributed by atoms with Gasteiger partial charge in [0.25, 0.3) is 0 Å². The van der Waals surface area contributed by atoms with Crippen LogP contribution in [0, 0.1) is 6.92 Å². The smallest absolute Gasteiger partial charge is 0.232 e. The average molecular weight is 413 g/mol. The fourth-order valence-electron chi connectivity index (χ4n) is 1.31. The zero-order valence-electron chi connectivity index (χ0n) is 9.01. The van der Waals surface area contributed by atoms with Crippen LogP contribution in [-0.4, -0.2) is 15.0 Å². The molecule has 1 heterocycles. The van der Waals surface area contributed by atoms with Crippen molar-refractivity contribution in [2.75, 3.05) is 5.32 Å². The summed E-state index contributed by atoms with van der Waals surface area (Å²) in [4.78, 5) is 11.6. The molecule has 0 saturated heterocycles. The monoisotopic (exact) mass is 410 g/mol. The standard InChI is InChI=1S/C10H6Br2Cl2N4/c1-4-2-5(11)7(6(12)3-4)15-10-17-8(13)16-9(14)18-10/h2-3H,1H3,(H,15,16,17,18). The summed E-state index contributed by atoms with van der Waals surface area (Å²) in [5.41, 5.74) is 1.91. The predicted octanol–water partition coefficient (Wildman–Crippen LogP) is 4.76. The van der Waals surface area contributed by atoms with Gasteiger partial charge in [0.05, 0.1) is 5.69 Å². The highest BCUT2D eigenvalue weighted by atomic mass is 79.9. The van der Waals surface area contributed by atoms with Gasteiger partial charge in [0, 0.05) is 8.95 Å². The fraction of sp³-hybridized carbons (Fsp3) is 0.100. The molecule has 0 spiro atoms. The number of benzene rings is 1. The molecule has 1 aromatic carbocycles. The lowest BCUT2D eigenvalue weighted by atomic mass is 10.2. The van der Waals surface area contributed by atoms with Gasteiger partial charge in [-0.15, -0.1) is 0 Å². The lowest BCUT2D eigenvalue weighted by Crippen LogP contribution is -2.01. The van der Waals surface area contributed by atoms with Gasteiger partial charge in [-0.05, 0) is 79.7 Å². The van der Waals surface area contributed by atoms with Crippen LogP contribution in [0.15, 0.2) is 21.1 Å². The Bertz CT molecular complexity index is 563. The fourth-order valence-corrected chi connectivity index (χ4v) is 3.29. The van der Waals surface area contributed by atoms with Crippen molar-refractivity contribution in [1.82, 2.24) is 15.0 Å². The van der Waals surface area contributed by atoms with Gasteiger partial charge >= 0.3 is 0 Å². The molecule has 0 aliphatic rings. The molecule has 1 aromatic heterocycles. The summed E-state index contributed by atoms with van der Waals surface area (Å²) in [6, 6.07) is 3.94. The van der Waals surface area contributed by atoms with Crippen LogP contribution in [0.1, 0.15) is 5.56 Å². The molecule has 1 N–H and O–H groups in total. The van der Waals surface area contributed by atoms with Crippen molar-refractivity contribution in [1.29, 1.82) is 0 Å². The summed E-state index contributed by atoms with van der Waals surface area (Å²) in [5.74, 6) is 0.283. The Morgan fingerprint density at radius 2 is 1.50 bits per heavy atom. The van der Waals surface area contributed by atoms with E-state index in [-0.39, 0.29) is 16.5 Å². The minimum absolute atomic E-state index is 0.0388. The maximum Gasteiger partial charge on any atom is 0.232 e. The molecule has 4 nitrogen and oxygen atoms in total. The largest absolute Gasteiger partial charge is 0.322 e. The number of hydrogen-bond donors (Lipinski definition) is 1. The number of halogens is 4. The normalized spacial score (nSPS) is 10.5. The second-order valence-electron chi connectivity index (χ2n) is 3.43. The SMILES string of the molecule is Cc1cc(Br)c(Nc2nc(Cl)nc(Cl)n2)c(Br)c1. The summed E-state index contributed by atoms with van der Waals surface area (Å²) in [5, 5.41) is 3.10. The van der Waals surface area contributed by atoms with E-state index in [9.17, 15) is 0 Å². The summed E-state index contributed by atoms with van der Waals surface area (Å²) in [6.07, 6.45) is 0. The van der Waals surface area contributed by atoms with Crippen molar-refractivity contribution < 1.29 is 0 Å². The van der Waals surface area contributed by atoms with Gasteiger partial charge in [0.2, 0.25) is 16.5 Å². The van der Waals surface area contributed by atoms with Crippen molar-refractivity contribution >= 4 is 66.7 Å². The van der Waals surface area contributed by atoms with E-state index >= 15 is 0 Å². The highest BCUT2D eigenvalue weighted by Gasteiger charge is 2.09. The number of aryl methyl sites for hydroxylation is 1. The number of rotatable bonds is 2. The number of anilines is 2. The first-order chi connectivity index (χ1) is 8.45. The highest BCUT2D eigenvalue weighted by Crippen LogP contribution is 2.34. The molecular formula is C10H6Br2Cl2N4. The van der Waals surface area contributed by atoms with Gasteiger partial charge in [-0.3, -0.25) is 0 Å². The summed E-state index contributed by atoms with van der Waals surface area (Å²) < 4.78 is 1.75. The Kier molecular flexibility index (Phi) is 4.42. The molecule has 0 unspecified atom stereocenters. The Morgan fingerprint density at radius 1 is 1.00 bits per heavy atom. The van der Waals surface area contributed by atoms with Gasteiger partial charge in [-0.1, -0.05) is 0 Å². The number of hydrogen-bond acceptors (Lipinski definition) is 4. The van der Waals surface area contributed by atoms with Crippen molar-refractivity contribution in [3.63, 3.8) is 0 Å². The molecule has 2 aromatic rings. The third-order valence-corrected chi connectivity index (χ3v) is 3.59. The van der Waals surface area contributed by atoms with Gasteiger partial charge in [0.1, 0.15) is 0 Å². The molecule has 18 heavy (non-hydrogen) atoms. The van der Waals surface area contributed by atoms with Crippen molar-refractivity contribution in [3.05, 3.63) is 37.2 Å². The maximum atomic E-state index is 5.71. The molecule has 0 bridgehead atoms. The zero-order valence-corrected chi connectivity index (χ0v) is 13.7. The second-order valence-corrected chi connectivity index (χ2v) is 5.81. The molecule has 0 atom stereocenters. The van der Waals surface area contributed by atoms with Crippen LogP contribution in [0.25, 0.3) is 0 Å². The molecule has 0 fully saturated rings. The maximum absolute atomic E-state index is 5.71. The van der Waals surface area contributed by atoms with E-state index in [4.69, 9.17) is 23.2 Å². The highest BCUT2D eigenvalue weighted by molar-refractivity contribution is 9.11. The van der Waals surface area contributed by atoms with Crippen molar-refractivity contribution in [3.8, 4) is 0 Å². The van der Waals surface area contributed by atoms with Crippen LogP contribution in [0.3, 0.4) is 0 Å². The number of nitrogens with one attached hydrogen (secondary N) is 1. The van der Waals surface area contributed by atoms with Gasteiger partial charge in [0.15, 0.2) is 0 Å². The van der Waals surface area contributed by atoms with Crippen molar-refractivity contribution in [2.24, 2.45) is 0 Å². The number of aromatic nitrogens is 3. The van der Waals surface area contributed by atoms with Gasteiger partial charge in [-0.25, -0.2) is 0 Å². The quantitative estimate of drug-likeness (QED) is 0.772. The van der Waals surface area contributed by atoms with Gasteiger partial charge in [-0.2, -0.15) is 15.0 Å². The van der Waals surface area contributed by atoms with E-state index in [0.717, 1.165) is 20.2 Å². The average Bonchev–Trinajstić information content (AvgIpc) is 2.22. The summed E-state index contributed by atoms with van der Waals surface area (Å²) in [6.45, 7) is 2.00. The van der Waals surface area contributed by atoms with Crippen LogP contribution < -0.4 is 5.32 Å². The van der Waals surface area contributed by atoms with Gasteiger partial charge < -0.3 is 5.32 Å². The minimum Gasteiger partial charge on any atom is -0.322 e. The zero-order chi connectivity index (χ0) is 13.3. The Hall–Kier alpha value is -0.430. The molecule has 0 aliphatic carbocycles. The lowest BCUT2D eigenvalue weighted by Gasteiger charge is -2.10. The van der Waals surface area contributed by atoms with E-state index in [0.29, 0.717) is 0 Å². The Labute approximate surface area is 130 Å². The van der Waals surface area contributed by atoms with E-state index in [2.05, 4.69) is 52.1 Å². The number of nitrogens with zero attached hydrogens (tertiary/aromatic N) is 3. The van der Waals surface area contributed by atoms with Crippen molar-refractivity contribution in [2.45, 2.75) is 6.92 Å². The third-order valence-electron chi connectivity index (χ3n) is 2.00. The minimum atomic E-state index is 0.0388. The molecule has 0 aliphatic heterocycles. The molecular weight excluding hydrogens is 407 g/mol. The Morgan fingerprint density at radius 3 is 2.00 bits per heavy atom. The van der Waals surface area contributed by atoms with Crippen LogP contribution in [0.5, 0.6) is 0 Å². The topological polar surface area (TPSA) is 50.7 Å². The van der Waals surface area contributed by atoms with E-state index in [1.165, 1.54) is 0 Å². The van der Waals surface area contributed by atoms with E-state index in [1.807, 2.05) is 19.1 Å². The van der Waals surface area contributed by atoms with E-state index < -0.39 is 0 Å². The molecule has 0 saturated carbocycles. The Balaban J connectivity index is 2.40. The lowest BCUT2D eigenvalue weighted by molar-refractivity contribution is 1.05. The van der Waals surface area contributed by atoms with Crippen LogP contribution in [0.4, 0.5) is 11.6 Å². The molecule has 2 rings (SSSR count). The first-order valence-corrected chi connectivity index (χ1v) is 7.09. The van der Waals surface area contributed by atoms with Crippen LogP contribution in [0.2, 0.25) is 10.6 Å². The molecule has 0 amide bonds. The molecule has 94 valence electrons. The van der Waals surface area contributed by atoms with Crippen LogP contribution in [-0.2, 0) is 0 Å². The summed E-state index contributed by atoms with van der Waals surface area (Å²) in [7, 11) is 0. The van der Waals surface area contributed by atoms with E-state index in [1.54, 1.807) is 0 Å². The predicted molar refractivity (Wildman–Crippen MR) is 79.7 cm³/mol. The first-order valence-electron chi connectivity index (χ1n) is 4.75. The first kappa shape index (κ1) is 14.0. The summed E-state index contributed by atoms with van der Waals surface area (Å²) >= 11 is 18.3. The van der Waals surface area contributed by atoms with Crippen LogP contribution >= 0.6 is 55.1 Å². The third kappa shape index (κ3) is 3.32. The molecule has 8 heteroatoms.